The summed E-state index contributed by atoms with van der Waals surface area (Å²) in [6, 6.07) is 0. The van der Waals surface area contributed by atoms with E-state index in [0.29, 0.717) is 25.0 Å². The van der Waals surface area contributed by atoms with E-state index < -0.39 is 5.56 Å². The Kier molecular flexibility index (Phi) is 15.6. The highest BCUT2D eigenvalue weighted by Gasteiger charge is 2.16. The van der Waals surface area contributed by atoms with Crippen LogP contribution in [-0.2, 0) is 16.1 Å². The van der Waals surface area contributed by atoms with Crippen molar-refractivity contribution in [1.82, 2.24) is 19.5 Å². The van der Waals surface area contributed by atoms with E-state index in [4.69, 9.17) is 10.5 Å². The molecule has 2 aromatic heterocycles. The van der Waals surface area contributed by atoms with Gasteiger partial charge in [0.05, 0.1) is 12.9 Å². The number of hydrogen-bond donors (Lipinski definition) is 3. The fraction of sp³-hybridized carbons (Fsp3) is 0.786. The molecule has 0 saturated heterocycles. The summed E-state index contributed by atoms with van der Waals surface area (Å²) in [6.45, 7) is 2.86. The highest BCUT2D eigenvalue weighted by molar-refractivity contribution is 5.70. The van der Waals surface area contributed by atoms with Crippen LogP contribution < -0.4 is 11.3 Å². The van der Waals surface area contributed by atoms with E-state index in [-0.39, 0.29) is 36.6 Å². The van der Waals surface area contributed by atoms with E-state index in [0.717, 1.165) is 12.8 Å². The van der Waals surface area contributed by atoms with Crippen molar-refractivity contribution < 1.29 is 14.6 Å². The zero-order chi connectivity index (χ0) is 26.7. The first kappa shape index (κ1) is 30.8. The second-order valence-electron chi connectivity index (χ2n) is 10.3. The Morgan fingerprint density at radius 3 is 2.14 bits per heavy atom. The number of nitrogens with zero attached hydrogens (tertiary/aromatic N) is 3. The van der Waals surface area contributed by atoms with Crippen molar-refractivity contribution in [3.05, 3.63) is 16.7 Å². The molecule has 0 amide bonds. The molecule has 37 heavy (non-hydrogen) atoms. The van der Waals surface area contributed by atoms with Crippen LogP contribution in [0.25, 0.3) is 11.2 Å². The largest absolute Gasteiger partial charge is 0.465 e. The molecule has 0 spiro atoms. The number of anilines is 1. The number of aliphatic hydroxyl groups excluding tert-OH is 1. The Bertz CT molecular complexity index is 942. The Morgan fingerprint density at radius 2 is 1.57 bits per heavy atom. The zero-order valence-corrected chi connectivity index (χ0v) is 22.9. The van der Waals surface area contributed by atoms with Crippen LogP contribution in [0, 0.1) is 5.92 Å². The maximum atomic E-state index is 12.2. The van der Waals surface area contributed by atoms with Gasteiger partial charge in [-0.2, -0.15) is 4.98 Å². The van der Waals surface area contributed by atoms with Crippen LogP contribution in [0.4, 0.5) is 5.95 Å². The molecule has 2 rings (SSSR count). The first-order chi connectivity index (χ1) is 18.0. The van der Waals surface area contributed by atoms with Gasteiger partial charge in [-0.3, -0.25) is 14.6 Å². The number of aromatic nitrogens is 4. The maximum Gasteiger partial charge on any atom is 0.305 e. The van der Waals surface area contributed by atoms with Crippen LogP contribution in [0.5, 0.6) is 0 Å². The summed E-state index contributed by atoms with van der Waals surface area (Å²) < 4.78 is 7.20. The van der Waals surface area contributed by atoms with Crippen molar-refractivity contribution in [2.24, 2.45) is 5.92 Å². The smallest absolute Gasteiger partial charge is 0.305 e. The van der Waals surface area contributed by atoms with Crippen LogP contribution in [0.1, 0.15) is 116 Å². The number of carbonyl (C=O) groups is 1. The number of unbranched alkanes of at least 4 members (excludes halogenated alkanes) is 14. The third-order valence-electron chi connectivity index (χ3n) is 6.95. The summed E-state index contributed by atoms with van der Waals surface area (Å²) in [6.07, 6.45) is 21.8. The molecule has 0 aliphatic heterocycles. The monoisotopic (exact) mass is 519 g/mol. The number of fused-ring (bicyclic) bond motifs is 1. The van der Waals surface area contributed by atoms with Gasteiger partial charge in [0, 0.05) is 25.5 Å². The first-order valence-electron chi connectivity index (χ1n) is 14.5. The molecule has 0 saturated carbocycles. The highest BCUT2D eigenvalue weighted by Crippen LogP contribution is 2.15. The van der Waals surface area contributed by atoms with Crippen LogP contribution in [-0.4, -0.2) is 43.8 Å². The number of aliphatic hydroxyl groups is 1. The predicted octanol–water partition coefficient (Wildman–Crippen LogP) is 5.51. The molecule has 0 fully saturated rings. The van der Waals surface area contributed by atoms with Gasteiger partial charge in [-0.05, 0) is 12.8 Å². The molecule has 210 valence electrons. The lowest BCUT2D eigenvalue weighted by molar-refractivity contribution is -0.145. The summed E-state index contributed by atoms with van der Waals surface area (Å²) in [4.78, 5) is 34.9. The van der Waals surface area contributed by atoms with E-state index in [1.165, 1.54) is 89.8 Å². The third-order valence-corrected chi connectivity index (χ3v) is 6.95. The lowest BCUT2D eigenvalue weighted by Crippen LogP contribution is -2.21. The summed E-state index contributed by atoms with van der Waals surface area (Å²) in [7, 11) is 0. The van der Waals surface area contributed by atoms with Gasteiger partial charge in [0.25, 0.3) is 5.56 Å². The quantitative estimate of drug-likeness (QED) is 0.138. The van der Waals surface area contributed by atoms with Gasteiger partial charge in [0.1, 0.15) is 0 Å². The second kappa shape index (κ2) is 18.8. The normalized spacial score (nSPS) is 12.3. The van der Waals surface area contributed by atoms with Crippen molar-refractivity contribution in [3.8, 4) is 0 Å². The van der Waals surface area contributed by atoms with Crippen molar-refractivity contribution >= 4 is 23.1 Å². The summed E-state index contributed by atoms with van der Waals surface area (Å²) in [5.74, 6) is -0.297. The van der Waals surface area contributed by atoms with Gasteiger partial charge in [0.15, 0.2) is 11.2 Å². The number of hydrogen-bond acceptors (Lipinski definition) is 7. The number of esters is 1. The average molecular weight is 520 g/mol. The molecule has 1 atom stereocenters. The zero-order valence-electron chi connectivity index (χ0n) is 22.9. The Hall–Kier alpha value is -2.42. The molecule has 0 aliphatic carbocycles. The molecule has 2 heterocycles. The summed E-state index contributed by atoms with van der Waals surface area (Å²) >= 11 is 0. The van der Waals surface area contributed by atoms with Crippen molar-refractivity contribution in [2.45, 2.75) is 123 Å². The van der Waals surface area contributed by atoms with Crippen molar-refractivity contribution in [3.63, 3.8) is 0 Å². The topological polar surface area (TPSA) is 136 Å². The number of nitrogens with one attached hydrogen (secondary N) is 1. The number of nitrogen functional groups attached to an aromatic ring is 1. The maximum absolute atomic E-state index is 12.2. The van der Waals surface area contributed by atoms with E-state index in [1.54, 1.807) is 4.57 Å². The van der Waals surface area contributed by atoms with Gasteiger partial charge in [-0.1, -0.05) is 96.8 Å². The van der Waals surface area contributed by atoms with E-state index in [9.17, 15) is 14.7 Å². The number of carbonyl (C=O) groups excluding carboxylic acids is 1. The lowest BCUT2D eigenvalue weighted by atomic mass is 10.0. The highest BCUT2D eigenvalue weighted by atomic mass is 16.5. The SMILES string of the molecule is CCCCCCCCCCCCCCCCCC(=O)OC[C@@H](CCO)Cn1cnc2c(=O)[nH]c(N)nc21. The molecular weight excluding hydrogens is 470 g/mol. The van der Waals surface area contributed by atoms with Gasteiger partial charge < -0.3 is 20.1 Å². The molecule has 0 radical (unpaired) electrons. The molecule has 0 aliphatic rings. The van der Waals surface area contributed by atoms with Crippen molar-refractivity contribution in [1.29, 1.82) is 0 Å². The molecule has 0 aromatic carbocycles. The van der Waals surface area contributed by atoms with Crippen LogP contribution in [0.15, 0.2) is 11.1 Å². The Morgan fingerprint density at radius 1 is 1.00 bits per heavy atom. The van der Waals surface area contributed by atoms with Gasteiger partial charge in [0.2, 0.25) is 5.95 Å². The predicted molar refractivity (Wildman–Crippen MR) is 148 cm³/mol. The van der Waals surface area contributed by atoms with Crippen LogP contribution in [0.3, 0.4) is 0 Å². The minimum Gasteiger partial charge on any atom is -0.465 e. The summed E-state index contributed by atoms with van der Waals surface area (Å²) in [5.41, 5.74) is 5.85. The van der Waals surface area contributed by atoms with E-state index in [2.05, 4.69) is 21.9 Å². The number of nitrogens with two attached hydrogens (primary N) is 1. The fourth-order valence-corrected chi connectivity index (χ4v) is 4.72. The van der Waals surface area contributed by atoms with E-state index >= 15 is 0 Å². The minimum absolute atomic E-state index is 0.0212. The number of imidazole rings is 1. The molecule has 9 heteroatoms. The number of H-pyrrole nitrogens is 1. The van der Waals surface area contributed by atoms with Gasteiger partial charge in [-0.25, -0.2) is 4.98 Å². The first-order valence-corrected chi connectivity index (χ1v) is 14.5. The number of rotatable bonds is 22. The number of ether oxygens (including phenoxy) is 1. The third kappa shape index (κ3) is 12.6. The molecule has 2 aromatic rings. The standard InChI is InChI=1S/C28H49N5O4/c1-2-3-4-5-6-7-8-9-10-11-12-13-14-15-16-17-24(35)37-21-23(18-19-34)20-33-22-30-25-26(33)31-28(29)32-27(25)36/h22-23,34H,2-21H2,1H3,(H3,29,31,32,36)/t23-/m0/s1. The van der Waals surface area contributed by atoms with Crippen molar-refractivity contribution in [2.75, 3.05) is 18.9 Å². The minimum atomic E-state index is -0.394. The second-order valence-corrected chi connectivity index (χ2v) is 10.3. The average Bonchev–Trinajstić information content (AvgIpc) is 3.27. The van der Waals surface area contributed by atoms with E-state index in [1.807, 2.05) is 0 Å². The Labute approximate surface area is 221 Å². The lowest BCUT2D eigenvalue weighted by Gasteiger charge is -2.17. The molecule has 0 unspecified atom stereocenters. The molecule has 4 N–H and O–H groups in total. The fourth-order valence-electron chi connectivity index (χ4n) is 4.72. The Balaban J connectivity index is 1.51. The molecule has 9 nitrogen and oxygen atoms in total. The van der Waals surface area contributed by atoms with Crippen LogP contribution >= 0.6 is 0 Å². The van der Waals surface area contributed by atoms with Gasteiger partial charge in [-0.15, -0.1) is 0 Å². The van der Waals surface area contributed by atoms with Crippen LogP contribution in [0.2, 0.25) is 0 Å². The molecule has 0 bridgehead atoms. The van der Waals surface area contributed by atoms with Gasteiger partial charge >= 0.3 is 5.97 Å². The number of aromatic amines is 1. The molecular formula is C28H49N5O4. The summed E-state index contributed by atoms with van der Waals surface area (Å²) in [5, 5.41) is 9.43.